The van der Waals surface area contributed by atoms with Gasteiger partial charge in [-0.05, 0) is 56.5 Å². The molecule has 2 aromatic rings. The van der Waals surface area contributed by atoms with Gasteiger partial charge in [0.15, 0.2) is 0 Å². The van der Waals surface area contributed by atoms with Crippen molar-refractivity contribution in [3.63, 3.8) is 0 Å². The first-order valence-corrected chi connectivity index (χ1v) is 8.11. The van der Waals surface area contributed by atoms with Gasteiger partial charge >= 0.3 is 0 Å². The van der Waals surface area contributed by atoms with Gasteiger partial charge in [-0.2, -0.15) is 0 Å². The van der Waals surface area contributed by atoms with Crippen LogP contribution < -0.4 is 10.6 Å². The number of hydrogen-bond donors (Lipinski definition) is 3. The van der Waals surface area contributed by atoms with Crippen LogP contribution in [0.15, 0.2) is 24.5 Å². The third kappa shape index (κ3) is 2.47. The van der Waals surface area contributed by atoms with E-state index < -0.39 is 0 Å². The molecule has 2 aliphatic rings. The van der Waals surface area contributed by atoms with E-state index in [0.29, 0.717) is 5.92 Å². The van der Waals surface area contributed by atoms with Crippen molar-refractivity contribution in [3.8, 4) is 0 Å². The van der Waals surface area contributed by atoms with Crippen molar-refractivity contribution in [2.45, 2.75) is 25.7 Å². The first-order valence-electron chi connectivity index (χ1n) is 8.11. The summed E-state index contributed by atoms with van der Waals surface area (Å²) in [5.41, 5.74) is 5.81. The second-order valence-corrected chi connectivity index (χ2v) is 6.21. The van der Waals surface area contributed by atoms with Crippen molar-refractivity contribution in [3.05, 3.63) is 47.0 Å². The standard InChI is InChI=1S/C18H20N4O/c1-11-16(21-10-20-11)9-14-17-13(12-5-7-19-8-6-12)3-2-4-15(17)22-18(14)23/h2-4,9-10,12,19H,5-8H2,1H3,(H,20,21)(H,22,23). The summed E-state index contributed by atoms with van der Waals surface area (Å²) in [5, 5.41) is 6.41. The molecule has 1 amide bonds. The van der Waals surface area contributed by atoms with Crippen molar-refractivity contribution in [2.24, 2.45) is 0 Å². The molecule has 0 radical (unpaired) electrons. The van der Waals surface area contributed by atoms with Gasteiger partial charge in [-0.25, -0.2) is 4.98 Å². The van der Waals surface area contributed by atoms with E-state index in [9.17, 15) is 4.79 Å². The number of nitrogens with one attached hydrogen (secondary N) is 3. The van der Waals surface area contributed by atoms with Gasteiger partial charge < -0.3 is 15.6 Å². The number of carbonyl (C=O) groups excluding carboxylic acids is 1. The van der Waals surface area contributed by atoms with Crippen molar-refractivity contribution >= 4 is 23.2 Å². The highest BCUT2D eigenvalue weighted by atomic mass is 16.2. The number of rotatable bonds is 2. The molecule has 1 fully saturated rings. The van der Waals surface area contributed by atoms with Crippen molar-refractivity contribution in [1.29, 1.82) is 0 Å². The van der Waals surface area contributed by atoms with Gasteiger partial charge in [-0.1, -0.05) is 12.1 Å². The van der Waals surface area contributed by atoms with E-state index in [1.165, 1.54) is 5.56 Å². The number of benzene rings is 1. The number of imidazole rings is 1. The Kier molecular flexibility index (Phi) is 3.50. The number of fused-ring (bicyclic) bond motifs is 1. The maximum absolute atomic E-state index is 12.5. The number of aryl methyl sites for hydroxylation is 1. The molecule has 0 bridgehead atoms. The SMILES string of the molecule is Cc1nc[nH]c1C=C1C(=O)Nc2cccc(C3CCNCC3)c21. The van der Waals surface area contributed by atoms with E-state index in [4.69, 9.17) is 0 Å². The van der Waals surface area contributed by atoms with E-state index in [1.54, 1.807) is 6.33 Å². The van der Waals surface area contributed by atoms with Crippen LogP contribution in [0.5, 0.6) is 0 Å². The normalized spacial score (nSPS) is 19.9. The molecule has 23 heavy (non-hydrogen) atoms. The fraction of sp³-hybridized carbons (Fsp3) is 0.333. The highest BCUT2D eigenvalue weighted by Crippen LogP contribution is 2.40. The number of amides is 1. The van der Waals surface area contributed by atoms with E-state index in [0.717, 1.165) is 54.1 Å². The predicted molar refractivity (Wildman–Crippen MR) is 91.1 cm³/mol. The van der Waals surface area contributed by atoms with Crippen molar-refractivity contribution in [2.75, 3.05) is 18.4 Å². The van der Waals surface area contributed by atoms with Crippen molar-refractivity contribution in [1.82, 2.24) is 15.3 Å². The summed E-state index contributed by atoms with van der Waals surface area (Å²) in [4.78, 5) is 19.8. The fourth-order valence-electron chi connectivity index (χ4n) is 3.55. The minimum absolute atomic E-state index is 0.0321. The molecular weight excluding hydrogens is 288 g/mol. The monoisotopic (exact) mass is 308 g/mol. The molecule has 118 valence electrons. The zero-order valence-corrected chi connectivity index (χ0v) is 13.1. The fourth-order valence-corrected chi connectivity index (χ4v) is 3.55. The summed E-state index contributed by atoms with van der Waals surface area (Å²) < 4.78 is 0. The van der Waals surface area contributed by atoms with Gasteiger partial charge in [0, 0.05) is 11.3 Å². The molecule has 1 aromatic heterocycles. The Bertz CT molecular complexity index is 784. The van der Waals surface area contributed by atoms with Gasteiger partial charge in [0.25, 0.3) is 5.91 Å². The summed E-state index contributed by atoms with van der Waals surface area (Å²) in [5.74, 6) is 0.473. The molecule has 3 N–H and O–H groups in total. The lowest BCUT2D eigenvalue weighted by atomic mass is 9.85. The number of piperidine rings is 1. The largest absolute Gasteiger partial charge is 0.345 e. The lowest BCUT2D eigenvalue weighted by Crippen LogP contribution is -2.27. The average Bonchev–Trinajstić information content (AvgIpc) is 3.12. The Balaban J connectivity index is 1.82. The van der Waals surface area contributed by atoms with Crippen LogP contribution in [0.2, 0.25) is 0 Å². The lowest BCUT2D eigenvalue weighted by molar-refractivity contribution is -0.110. The Morgan fingerprint density at radius 1 is 1.26 bits per heavy atom. The highest BCUT2D eigenvalue weighted by molar-refractivity contribution is 6.35. The van der Waals surface area contributed by atoms with Crippen LogP contribution in [-0.4, -0.2) is 29.0 Å². The van der Waals surface area contributed by atoms with Gasteiger partial charge in [0.05, 0.1) is 23.3 Å². The Labute approximate surface area is 135 Å². The first-order chi connectivity index (χ1) is 11.2. The van der Waals surface area contributed by atoms with Gasteiger partial charge in [-0.15, -0.1) is 0 Å². The summed E-state index contributed by atoms with van der Waals surface area (Å²) >= 11 is 0. The molecule has 1 aromatic carbocycles. The smallest absolute Gasteiger partial charge is 0.256 e. The third-order valence-electron chi connectivity index (χ3n) is 4.79. The van der Waals surface area contributed by atoms with E-state index >= 15 is 0 Å². The van der Waals surface area contributed by atoms with Crippen LogP contribution in [-0.2, 0) is 4.79 Å². The first kappa shape index (κ1) is 14.2. The Hall–Kier alpha value is -2.40. The van der Waals surface area contributed by atoms with Crippen LogP contribution in [0.4, 0.5) is 5.69 Å². The van der Waals surface area contributed by atoms with E-state index in [1.807, 2.05) is 25.1 Å². The predicted octanol–water partition coefficient (Wildman–Crippen LogP) is 2.68. The number of nitrogens with zero attached hydrogens (tertiary/aromatic N) is 1. The maximum Gasteiger partial charge on any atom is 0.256 e. The van der Waals surface area contributed by atoms with E-state index in [2.05, 4.69) is 26.7 Å². The topological polar surface area (TPSA) is 69.8 Å². The second-order valence-electron chi connectivity index (χ2n) is 6.21. The summed E-state index contributed by atoms with van der Waals surface area (Å²) in [6, 6.07) is 6.20. The Morgan fingerprint density at radius 3 is 2.83 bits per heavy atom. The molecule has 5 nitrogen and oxygen atoms in total. The number of aromatic nitrogens is 2. The van der Waals surface area contributed by atoms with Crippen LogP contribution in [0, 0.1) is 6.92 Å². The molecule has 0 aliphatic carbocycles. The zero-order valence-electron chi connectivity index (χ0n) is 13.1. The van der Waals surface area contributed by atoms with Gasteiger partial charge in [-0.3, -0.25) is 4.79 Å². The van der Waals surface area contributed by atoms with Crippen LogP contribution in [0.3, 0.4) is 0 Å². The molecule has 0 unspecified atom stereocenters. The van der Waals surface area contributed by atoms with Crippen LogP contribution in [0.25, 0.3) is 11.6 Å². The number of carbonyl (C=O) groups is 1. The second kappa shape index (κ2) is 5.66. The Morgan fingerprint density at radius 2 is 2.09 bits per heavy atom. The molecule has 3 heterocycles. The summed E-state index contributed by atoms with van der Waals surface area (Å²) in [6.45, 7) is 4.01. The van der Waals surface area contributed by atoms with E-state index in [-0.39, 0.29) is 5.91 Å². The van der Waals surface area contributed by atoms with Crippen molar-refractivity contribution < 1.29 is 4.79 Å². The molecule has 2 aliphatic heterocycles. The lowest BCUT2D eigenvalue weighted by Gasteiger charge is -2.25. The quantitative estimate of drug-likeness (QED) is 0.747. The van der Waals surface area contributed by atoms with Crippen LogP contribution in [0.1, 0.15) is 41.3 Å². The van der Waals surface area contributed by atoms with Crippen LogP contribution >= 0.6 is 0 Å². The number of aromatic amines is 1. The maximum atomic E-state index is 12.5. The molecule has 0 atom stereocenters. The average molecular weight is 308 g/mol. The van der Waals surface area contributed by atoms with Gasteiger partial charge in [0.1, 0.15) is 0 Å². The molecule has 4 rings (SSSR count). The zero-order chi connectivity index (χ0) is 15.8. The number of H-pyrrole nitrogens is 1. The molecular formula is C18H20N4O. The molecule has 5 heteroatoms. The molecule has 0 saturated carbocycles. The minimum atomic E-state index is -0.0321. The summed E-state index contributed by atoms with van der Waals surface area (Å²) in [7, 11) is 0. The number of hydrogen-bond acceptors (Lipinski definition) is 3. The summed E-state index contributed by atoms with van der Waals surface area (Å²) in [6.07, 6.45) is 5.81. The molecule has 1 saturated heterocycles. The van der Waals surface area contributed by atoms with Gasteiger partial charge in [0.2, 0.25) is 0 Å². The number of anilines is 1. The molecule has 0 spiro atoms. The highest BCUT2D eigenvalue weighted by Gasteiger charge is 2.30. The third-order valence-corrected chi connectivity index (χ3v) is 4.79. The minimum Gasteiger partial charge on any atom is -0.345 e.